The smallest absolute Gasteiger partial charge is 0.304 e. The number of carboxylic acid groups (broad SMARTS) is 1. The molecule has 0 bridgehead atoms. The molecule has 21 heavy (non-hydrogen) atoms. The maximum atomic E-state index is 12.5. The molecule has 0 aliphatic carbocycles. The Kier molecular flexibility index (Phi) is 5.21. The summed E-state index contributed by atoms with van der Waals surface area (Å²) >= 11 is 5.96. The first-order chi connectivity index (χ1) is 9.91. The normalized spacial score (nSPS) is 17.8. The van der Waals surface area contributed by atoms with Crippen LogP contribution >= 0.6 is 11.6 Å². The first-order valence-corrected chi connectivity index (χ1v) is 8.42. The number of aliphatic carboxylic acids is 1. The Balaban J connectivity index is 2.01. The van der Waals surface area contributed by atoms with E-state index in [1.54, 1.807) is 18.2 Å². The second kappa shape index (κ2) is 6.74. The molecule has 0 radical (unpaired) electrons. The van der Waals surface area contributed by atoms with E-state index >= 15 is 0 Å². The number of carbonyl (C=O) groups is 1. The summed E-state index contributed by atoms with van der Waals surface area (Å²) in [6.45, 7) is 2.17. The van der Waals surface area contributed by atoms with Crippen LogP contribution in [0.25, 0.3) is 0 Å². The minimum Gasteiger partial charge on any atom is -0.481 e. The summed E-state index contributed by atoms with van der Waals surface area (Å²) < 4.78 is 26.4. The molecule has 1 aromatic carbocycles. The molecule has 1 fully saturated rings. The van der Waals surface area contributed by atoms with Crippen LogP contribution in [0.1, 0.15) is 6.42 Å². The van der Waals surface area contributed by atoms with Crippen molar-refractivity contribution in [2.24, 2.45) is 0 Å². The lowest BCUT2D eigenvalue weighted by Crippen LogP contribution is -2.49. The predicted molar refractivity (Wildman–Crippen MR) is 78.9 cm³/mol. The highest BCUT2D eigenvalue weighted by Gasteiger charge is 2.29. The average Bonchev–Trinajstić information content (AvgIpc) is 2.46. The molecule has 1 N–H and O–H groups in total. The van der Waals surface area contributed by atoms with E-state index < -0.39 is 16.0 Å². The number of nitrogens with zero attached hydrogens (tertiary/aromatic N) is 2. The molecule has 0 atom stereocenters. The lowest BCUT2D eigenvalue weighted by molar-refractivity contribution is -0.137. The minimum atomic E-state index is -3.59. The zero-order chi connectivity index (χ0) is 15.5. The van der Waals surface area contributed by atoms with Crippen LogP contribution in [-0.2, 0) is 14.8 Å². The third-order valence-electron chi connectivity index (χ3n) is 3.43. The molecule has 1 heterocycles. The number of hydrogen-bond acceptors (Lipinski definition) is 4. The molecule has 2 rings (SSSR count). The summed E-state index contributed by atoms with van der Waals surface area (Å²) in [6.07, 6.45) is 0.0667. The van der Waals surface area contributed by atoms with Crippen LogP contribution in [0.3, 0.4) is 0 Å². The van der Waals surface area contributed by atoms with Gasteiger partial charge in [-0.15, -0.1) is 0 Å². The molecule has 1 aliphatic rings. The van der Waals surface area contributed by atoms with Crippen molar-refractivity contribution < 1.29 is 18.3 Å². The molecule has 1 saturated heterocycles. The van der Waals surface area contributed by atoms with Crippen molar-refractivity contribution in [1.29, 1.82) is 0 Å². The zero-order valence-corrected chi connectivity index (χ0v) is 13.0. The molecule has 0 unspecified atom stereocenters. The topological polar surface area (TPSA) is 77.9 Å². The largest absolute Gasteiger partial charge is 0.481 e. The molecule has 0 aromatic heterocycles. The molecule has 0 amide bonds. The summed E-state index contributed by atoms with van der Waals surface area (Å²) in [5, 5.41) is 8.87. The first-order valence-electron chi connectivity index (χ1n) is 6.60. The van der Waals surface area contributed by atoms with Crippen molar-refractivity contribution in [1.82, 2.24) is 9.21 Å². The van der Waals surface area contributed by atoms with E-state index in [0.29, 0.717) is 32.7 Å². The summed E-state index contributed by atoms with van der Waals surface area (Å²) in [5.41, 5.74) is 0. The van der Waals surface area contributed by atoms with Crippen molar-refractivity contribution >= 4 is 27.6 Å². The zero-order valence-electron chi connectivity index (χ0n) is 11.4. The van der Waals surface area contributed by atoms with Gasteiger partial charge in [-0.1, -0.05) is 23.7 Å². The van der Waals surface area contributed by atoms with Gasteiger partial charge in [0.05, 0.1) is 11.4 Å². The van der Waals surface area contributed by atoms with Crippen molar-refractivity contribution in [3.63, 3.8) is 0 Å². The van der Waals surface area contributed by atoms with Crippen LogP contribution in [0.5, 0.6) is 0 Å². The highest BCUT2D eigenvalue weighted by Crippen LogP contribution is 2.24. The number of carboxylic acids is 1. The van der Waals surface area contributed by atoms with Gasteiger partial charge in [0.25, 0.3) is 0 Å². The van der Waals surface area contributed by atoms with Crippen LogP contribution in [0, 0.1) is 0 Å². The van der Waals surface area contributed by atoms with E-state index in [0.717, 1.165) is 0 Å². The van der Waals surface area contributed by atoms with Crippen molar-refractivity contribution in [2.45, 2.75) is 11.3 Å². The van der Waals surface area contributed by atoms with Crippen LogP contribution in [0.15, 0.2) is 29.2 Å². The molecule has 6 nitrogen and oxygen atoms in total. The maximum absolute atomic E-state index is 12.5. The van der Waals surface area contributed by atoms with Crippen molar-refractivity contribution in [3.05, 3.63) is 29.3 Å². The average molecular weight is 333 g/mol. The van der Waals surface area contributed by atoms with Gasteiger partial charge in [-0.3, -0.25) is 4.79 Å². The van der Waals surface area contributed by atoms with Gasteiger partial charge in [-0.05, 0) is 12.1 Å². The standard InChI is InChI=1S/C13H17ClN2O4S/c14-11-3-1-2-4-12(11)21(19,20)16-9-7-15(8-10-16)6-5-13(17)18/h1-4H,5-10H2,(H,17,18). The van der Waals surface area contributed by atoms with Gasteiger partial charge < -0.3 is 10.0 Å². The Hall–Kier alpha value is -1.15. The van der Waals surface area contributed by atoms with Crippen LogP contribution < -0.4 is 0 Å². The molecule has 1 aliphatic heterocycles. The van der Waals surface area contributed by atoms with E-state index in [2.05, 4.69) is 0 Å². The Morgan fingerprint density at radius 2 is 1.81 bits per heavy atom. The van der Waals surface area contributed by atoms with Gasteiger partial charge in [0.2, 0.25) is 10.0 Å². The number of benzene rings is 1. The Bertz CT molecular complexity index is 612. The fourth-order valence-electron chi connectivity index (χ4n) is 2.24. The molecule has 0 spiro atoms. The van der Waals surface area contributed by atoms with Crippen molar-refractivity contribution in [3.8, 4) is 0 Å². The molecule has 1 aromatic rings. The molecule has 116 valence electrons. The number of sulfonamides is 1. The number of rotatable bonds is 5. The third-order valence-corrected chi connectivity index (χ3v) is 5.83. The first kappa shape index (κ1) is 16.2. The van der Waals surface area contributed by atoms with Crippen molar-refractivity contribution in [2.75, 3.05) is 32.7 Å². The predicted octanol–water partition coefficient (Wildman–Crippen LogP) is 1.12. The van der Waals surface area contributed by atoms with Gasteiger partial charge in [0.1, 0.15) is 4.90 Å². The van der Waals surface area contributed by atoms with E-state index in [4.69, 9.17) is 16.7 Å². The van der Waals surface area contributed by atoms with Crippen LogP contribution in [0.4, 0.5) is 0 Å². The highest BCUT2D eigenvalue weighted by molar-refractivity contribution is 7.89. The lowest BCUT2D eigenvalue weighted by atomic mass is 10.3. The summed E-state index contributed by atoms with van der Waals surface area (Å²) in [7, 11) is -3.59. The SMILES string of the molecule is O=C(O)CCN1CCN(S(=O)(=O)c2ccccc2Cl)CC1. The second-order valence-electron chi connectivity index (χ2n) is 4.82. The third kappa shape index (κ3) is 3.94. The van der Waals surface area contributed by atoms with Gasteiger partial charge in [-0.2, -0.15) is 4.31 Å². The lowest BCUT2D eigenvalue weighted by Gasteiger charge is -2.33. The van der Waals surface area contributed by atoms with Crippen LogP contribution in [0.2, 0.25) is 5.02 Å². The second-order valence-corrected chi connectivity index (χ2v) is 7.13. The Morgan fingerprint density at radius 3 is 2.38 bits per heavy atom. The molecule has 0 saturated carbocycles. The van der Waals surface area contributed by atoms with Gasteiger partial charge >= 0.3 is 5.97 Å². The van der Waals surface area contributed by atoms with E-state index in [-0.39, 0.29) is 16.3 Å². The molecular formula is C13H17ClN2O4S. The summed E-state index contributed by atoms with van der Waals surface area (Å²) in [5.74, 6) is -0.846. The van der Waals surface area contributed by atoms with Gasteiger partial charge in [0, 0.05) is 32.7 Å². The van der Waals surface area contributed by atoms with E-state index in [1.807, 2.05) is 4.90 Å². The highest BCUT2D eigenvalue weighted by atomic mass is 35.5. The number of halogens is 1. The monoisotopic (exact) mass is 332 g/mol. The summed E-state index contributed by atoms with van der Waals surface area (Å²) in [6, 6.07) is 6.37. The quantitative estimate of drug-likeness (QED) is 0.874. The van der Waals surface area contributed by atoms with E-state index in [1.165, 1.54) is 10.4 Å². The van der Waals surface area contributed by atoms with Gasteiger partial charge in [0.15, 0.2) is 0 Å². The maximum Gasteiger partial charge on any atom is 0.304 e. The Labute approximate surface area is 129 Å². The van der Waals surface area contributed by atoms with Gasteiger partial charge in [-0.25, -0.2) is 8.42 Å². The molecule has 8 heteroatoms. The van der Waals surface area contributed by atoms with E-state index in [9.17, 15) is 13.2 Å². The number of piperazine rings is 1. The Morgan fingerprint density at radius 1 is 1.19 bits per heavy atom. The number of hydrogen-bond donors (Lipinski definition) is 1. The molecular weight excluding hydrogens is 316 g/mol. The fourth-order valence-corrected chi connectivity index (χ4v) is 4.16. The minimum absolute atomic E-state index is 0.0667. The van der Waals surface area contributed by atoms with Crippen LogP contribution in [-0.4, -0.2) is 61.4 Å². The fraction of sp³-hybridized carbons (Fsp3) is 0.462. The summed E-state index contributed by atoms with van der Waals surface area (Å²) in [4.78, 5) is 12.6.